The van der Waals surface area contributed by atoms with Crippen LogP contribution in [0.4, 0.5) is 0 Å². The summed E-state index contributed by atoms with van der Waals surface area (Å²) >= 11 is 0. The summed E-state index contributed by atoms with van der Waals surface area (Å²) in [6, 6.07) is 2.81. The van der Waals surface area contributed by atoms with Crippen LogP contribution in [-0.2, 0) is 31.8 Å². The van der Waals surface area contributed by atoms with E-state index in [0.29, 0.717) is 11.1 Å². The number of hydrogen-bond donors (Lipinski definition) is 2. The number of aromatic carboxylic acids is 1. The Hall–Kier alpha value is -2.71. The summed E-state index contributed by atoms with van der Waals surface area (Å²) in [5.74, 6) is -2.75. The van der Waals surface area contributed by atoms with Crippen LogP contribution in [0.3, 0.4) is 0 Å². The first-order valence-corrected chi connectivity index (χ1v) is 7.58. The molecule has 0 aromatic heterocycles. The molecule has 1 saturated heterocycles. The molecule has 1 aromatic carbocycles. The molecule has 0 aliphatic carbocycles. The zero-order chi connectivity index (χ0) is 18.4. The first kappa shape index (κ1) is 18.6. The van der Waals surface area contributed by atoms with Crippen molar-refractivity contribution in [3.63, 3.8) is 0 Å². The molecular formula is C17H18O8. The summed E-state index contributed by atoms with van der Waals surface area (Å²) in [5, 5.41) is 18.6. The fourth-order valence-electron chi connectivity index (χ4n) is 2.34. The van der Waals surface area contributed by atoms with Crippen molar-refractivity contribution in [2.75, 3.05) is 19.8 Å². The van der Waals surface area contributed by atoms with Crippen LogP contribution in [0.2, 0.25) is 0 Å². The lowest BCUT2D eigenvalue weighted by Crippen LogP contribution is -2.19. The smallest absolute Gasteiger partial charge is 0.341 e. The van der Waals surface area contributed by atoms with Crippen LogP contribution in [-0.4, -0.2) is 54.2 Å². The Morgan fingerprint density at radius 1 is 1.32 bits per heavy atom. The van der Waals surface area contributed by atoms with Crippen LogP contribution in [0.1, 0.15) is 31.8 Å². The maximum atomic E-state index is 12.4. The first-order valence-electron chi connectivity index (χ1n) is 7.58. The highest BCUT2D eigenvalue weighted by Gasteiger charge is 2.31. The van der Waals surface area contributed by atoms with Gasteiger partial charge in [-0.1, -0.05) is 12.6 Å². The molecule has 1 unspecified atom stereocenters. The van der Waals surface area contributed by atoms with E-state index in [1.165, 1.54) is 12.1 Å². The number of benzene rings is 1. The summed E-state index contributed by atoms with van der Waals surface area (Å²) in [6.45, 7) is 3.28. The molecule has 0 bridgehead atoms. The van der Waals surface area contributed by atoms with Crippen LogP contribution in [0, 0.1) is 0 Å². The van der Waals surface area contributed by atoms with Gasteiger partial charge >= 0.3 is 17.9 Å². The molecule has 0 amide bonds. The number of ether oxygens (including phenoxy) is 3. The Kier molecular flexibility index (Phi) is 6.26. The zero-order valence-corrected chi connectivity index (χ0v) is 13.4. The van der Waals surface area contributed by atoms with Gasteiger partial charge in [0, 0.05) is 19.1 Å². The van der Waals surface area contributed by atoms with Crippen LogP contribution in [0.25, 0.3) is 0 Å². The van der Waals surface area contributed by atoms with E-state index in [-0.39, 0.29) is 43.8 Å². The van der Waals surface area contributed by atoms with E-state index < -0.39 is 24.2 Å². The first-order chi connectivity index (χ1) is 12.0. The second-order valence-corrected chi connectivity index (χ2v) is 5.19. The third kappa shape index (κ3) is 4.88. The minimum atomic E-state index is -1.29. The highest BCUT2D eigenvalue weighted by molar-refractivity contribution is 6.04. The molecule has 0 spiro atoms. The highest BCUT2D eigenvalue weighted by atomic mass is 16.8. The third-order valence-corrected chi connectivity index (χ3v) is 3.53. The largest absolute Gasteiger partial charge is 0.478 e. The van der Waals surface area contributed by atoms with E-state index in [1.807, 2.05) is 0 Å². The van der Waals surface area contributed by atoms with Gasteiger partial charge in [-0.3, -0.25) is 0 Å². The van der Waals surface area contributed by atoms with Gasteiger partial charge in [0.2, 0.25) is 6.29 Å². The molecule has 8 nitrogen and oxygen atoms in total. The summed E-state index contributed by atoms with van der Waals surface area (Å²) < 4.78 is 14.8. The number of carboxylic acid groups (broad SMARTS) is 1. The molecule has 0 radical (unpaired) electrons. The molecule has 1 aromatic rings. The number of esters is 2. The van der Waals surface area contributed by atoms with Crippen LogP contribution < -0.4 is 0 Å². The number of carbonyl (C=O) groups excluding carboxylic acids is 2. The molecule has 2 rings (SSSR count). The lowest BCUT2D eigenvalue weighted by atomic mass is 9.92. The van der Waals surface area contributed by atoms with Crippen molar-refractivity contribution in [2.45, 2.75) is 19.1 Å². The topological polar surface area (TPSA) is 123 Å². The van der Waals surface area contributed by atoms with E-state index in [9.17, 15) is 24.6 Å². The number of epoxide rings is 1. The van der Waals surface area contributed by atoms with E-state index >= 15 is 0 Å². The number of rotatable bonds is 9. The van der Waals surface area contributed by atoms with Gasteiger partial charge in [0.1, 0.15) is 6.61 Å². The summed E-state index contributed by atoms with van der Waals surface area (Å²) in [5.41, 5.74) is 0.586. The number of hydrogen-bond acceptors (Lipinski definition) is 7. The van der Waals surface area contributed by atoms with E-state index in [1.54, 1.807) is 0 Å². The van der Waals surface area contributed by atoms with Gasteiger partial charge in [-0.15, -0.1) is 0 Å². The highest BCUT2D eigenvalue weighted by Crippen LogP contribution is 2.24. The van der Waals surface area contributed by atoms with Crippen LogP contribution in [0.15, 0.2) is 24.8 Å². The third-order valence-electron chi connectivity index (χ3n) is 3.53. The normalized spacial score (nSPS) is 15.3. The van der Waals surface area contributed by atoms with Crippen molar-refractivity contribution in [1.29, 1.82) is 0 Å². The SMILES string of the molecule is C=CC(=O)OCCc1c(CCO)ccc(C(=O)O)c1C(=O)OC1CO1. The van der Waals surface area contributed by atoms with Crippen molar-refractivity contribution < 1.29 is 38.8 Å². The maximum absolute atomic E-state index is 12.4. The van der Waals surface area contributed by atoms with Gasteiger partial charge in [-0.25, -0.2) is 14.4 Å². The Bertz CT molecular complexity index is 690. The molecule has 1 aliphatic rings. The maximum Gasteiger partial charge on any atom is 0.341 e. The summed E-state index contributed by atoms with van der Waals surface area (Å²) in [7, 11) is 0. The van der Waals surface area contributed by atoms with Crippen molar-refractivity contribution in [3.05, 3.63) is 47.0 Å². The second-order valence-electron chi connectivity index (χ2n) is 5.19. The fourth-order valence-corrected chi connectivity index (χ4v) is 2.34. The molecular weight excluding hydrogens is 332 g/mol. The predicted octanol–water partition coefficient (Wildman–Crippen LogP) is 0.704. The molecule has 8 heteroatoms. The monoisotopic (exact) mass is 350 g/mol. The molecule has 1 fully saturated rings. The second kappa shape index (κ2) is 8.41. The van der Waals surface area contributed by atoms with E-state index in [4.69, 9.17) is 14.2 Å². The van der Waals surface area contributed by atoms with Gasteiger partial charge < -0.3 is 24.4 Å². The Morgan fingerprint density at radius 3 is 2.60 bits per heavy atom. The molecule has 0 saturated carbocycles. The average Bonchev–Trinajstić information content (AvgIpc) is 3.39. The number of carboxylic acids is 1. The zero-order valence-electron chi connectivity index (χ0n) is 13.4. The fraction of sp³-hybridized carbons (Fsp3) is 0.353. The van der Waals surface area contributed by atoms with Crippen LogP contribution in [0.5, 0.6) is 0 Å². The average molecular weight is 350 g/mol. The van der Waals surface area contributed by atoms with Gasteiger partial charge in [-0.05, 0) is 23.6 Å². The Morgan fingerprint density at radius 2 is 2.04 bits per heavy atom. The van der Waals surface area contributed by atoms with Crippen molar-refractivity contribution in [3.8, 4) is 0 Å². The molecule has 1 atom stereocenters. The molecule has 25 heavy (non-hydrogen) atoms. The lowest BCUT2D eigenvalue weighted by molar-refractivity contribution is -0.137. The molecule has 1 heterocycles. The van der Waals surface area contributed by atoms with E-state index in [2.05, 4.69) is 6.58 Å². The molecule has 1 aliphatic heterocycles. The lowest BCUT2D eigenvalue weighted by Gasteiger charge is -2.16. The predicted molar refractivity (Wildman–Crippen MR) is 84.2 cm³/mol. The number of aliphatic hydroxyl groups is 1. The van der Waals surface area contributed by atoms with Gasteiger partial charge in [0.25, 0.3) is 0 Å². The van der Waals surface area contributed by atoms with Crippen LogP contribution >= 0.6 is 0 Å². The summed E-state index contributed by atoms with van der Waals surface area (Å²) in [6.07, 6.45) is 0.626. The van der Waals surface area contributed by atoms with Gasteiger partial charge in [0.05, 0.1) is 17.7 Å². The minimum Gasteiger partial charge on any atom is -0.478 e. The van der Waals surface area contributed by atoms with E-state index in [0.717, 1.165) is 6.08 Å². The Balaban J connectivity index is 2.38. The molecule has 2 N–H and O–H groups in total. The summed E-state index contributed by atoms with van der Waals surface area (Å²) in [4.78, 5) is 35.1. The number of aliphatic hydroxyl groups excluding tert-OH is 1. The minimum absolute atomic E-state index is 0.0768. The molecule has 134 valence electrons. The standard InChI is InChI=1S/C17H18O8/c1-2-13(19)23-8-6-11-10(5-7-18)3-4-12(16(20)21)15(11)17(22)25-14-9-24-14/h2-4,14,18H,1,5-9H2,(H,20,21). The van der Waals surface area contributed by atoms with Gasteiger partial charge in [0.15, 0.2) is 0 Å². The van der Waals surface area contributed by atoms with Crippen molar-refractivity contribution in [2.24, 2.45) is 0 Å². The van der Waals surface area contributed by atoms with Crippen molar-refractivity contribution >= 4 is 17.9 Å². The van der Waals surface area contributed by atoms with Gasteiger partial charge in [-0.2, -0.15) is 0 Å². The van der Waals surface area contributed by atoms with Crippen molar-refractivity contribution in [1.82, 2.24) is 0 Å². The Labute approximate surface area is 143 Å². The quantitative estimate of drug-likeness (QED) is 0.379. The number of carbonyl (C=O) groups is 3.